The Morgan fingerprint density at radius 1 is 1.22 bits per heavy atom. The number of benzene rings is 1. The molecule has 1 aromatic rings. The lowest BCUT2D eigenvalue weighted by molar-refractivity contribution is 0.169. The zero-order valence-electron chi connectivity index (χ0n) is 12.1. The van der Waals surface area contributed by atoms with E-state index in [1.807, 2.05) is 11.8 Å². The molecule has 0 heterocycles. The van der Waals surface area contributed by atoms with Gasteiger partial charge < -0.3 is 4.74 Å². The van der Waals surface area contributed by atoms with Crippen molar-refractivity contribution < 1.29 is 4.74 Å². The van der Waals surface area contributed by atoms with Gasteiger partial charge in [0.25, 0.3) is 0 Å². The quantitative estimate of drug-likeness (QED) is 0.463. The van der Waals surface area contributed by atoms with Gasteiger partial charge >= 0.3 is 0 Å². The Morgan fingerprint density at radius 3 is 2.33 bits per heavy atom. The molecule has 0 saturated carbocycles. The number of ether oxygens (including phenoxy) is 1. The Bertz CT molecular complexity index is 346. The highest BCUT2D eigenvalue weighted by molar-refractivity contribution is 7.99. The average molecular weight is 267 g/mol. The van der Waals surface area contributed by atoms with Gasteiger partial charge in [0, 0.05) is 29.2 Å². The van der Waals surface area contributed by atoms with E-state index in [0.29, 0.717) is 12.0 Å². The lowest BCUT2D eigenvalue weighted by atomic mass is 9.85. The van der Waals surface area contributed by atoms with Crippen LogP contribution in [0.15, 0.2) is 29.2 Å². The molecule has 0 aliphatic carbocycles. The molecule has 0 fully saturated rings. The molecule has 0 spiro atoms. The fourth-order valence-corrected chi connectivity index (χ4v) is 2.66. The summed E-state index contributed by atoms with van der Waals surface area (Å²) in [6, 6.07) is 8.91. The second-order valence-corrected chi connectivity index (χ2v) is 7.08. The Hall–Kier alpha value is -0.510. The van der Waals surface area contributed by atoms with Crippen LogP contribution in [0.25, 0.3) is 0 Å². The molecular weight excluding hydrogens is 242 g/mol. The standard InChI is InChI=1S/C15H25NOS/c1-12(2)18-14-8-6-13(7-9-14)15(3,4)10-16-11-17-5/h6-9,12,16H,10-11H2,1-5H3. The van der Waals surface area contributed by atoms with E-state index in [4.69, 9.17) is 4.74 Å². The van der Waals surface area contributed by atoms with E-state index in [1.165, 1.54) is 10.5 Å². The minimum absolute atomic E-state index is 0.125. The predicted octanol–water partition coefficient (Wildman–Crippen LogP) is 3.66. The molecular formula is C15H25NOS. The van der Waals surface area contributed by atoms with E-state index in [-0.39, 0.29) is 5.41 Å². The second-order valence-electron chi connectivity index (χ2n) is 5.43. The summed E-state index contributed by atoms with van der Waals surface area (Å²) in [5.41, 5.74) is 1.48. The van der Waals surface area contributed by atoms with Crippen LogP contribution in [-0.2, 0) is 10.2 Å². The zero-order chi connectivity index (χ0) is 13.6. The van der Waals surface area contributed by atoms with Crippen molar-refractivity contribution in [3.05, 3.63) is 29.8 Å². The van der Waals surface area contributed by atoms with E-state index in [2.05, 4.69) is 57.3 Å². The summed E-state index contributed by atoms with van der Waals surface area (Å²) >= 11 is 1.90. The molecule has 0 bridgehead atoms. The number of thioether (sulfide) groups is 1. The monoisotopic (exact) mass is 267 g/mol. The summed E-state index contributed by atoms with van der Waals surface area (Å²) in [5.74, 6) is 0. The summed E-state index contributed by atoms with van der Waals surface area (Å²) in [7, 11) is 1.71. The fraction of sp³-hybridized carbons (Fsp3) is 0.600. The molecule has 0 unspecified atom stereocenters. The highest BCUT2D eigenvalue weighted by atomic mass is 32.2. The Labute approximate surface area is 116 Å². The van der Waals surface area contributed by atoms with Crippen LogP contribution in [0, 0.1) is 0 Å². The molecule has 102 valence electrons. The molecule has 1 N–H and O–H groups in total. The minimum Gasteiger partial charge on any atom is -0.370 e. The van der Waals surface area contributed by atoms with Gasteiger partial charge in [-0.3, -0.25) is 5.32 Å². The summed E-state index contributed by atoms with van der Waals surface area (Å²) in [4.78, 5) is 1.34. The van der Waals surface area contributed by atoms with Gasteiger partial charge in [-0.2, -0.15) is 0 Å². The molecule has 0 radical (unpaired) electrons. The highest BCUT2D eigenvalue weighted by Gasteiger charge is 2.19. The number of nitrogens with one attached hydrogen (secondary N) is 1. The predicted molar refractivity (Wildman–Crippen MR) is 80.3 cm³/mol. The Balaban J connectivity index is 2.65. The zero-order valence-corrected chi connectivity index (χ0v) is 12.9. The van der Waals surface area contributed by atoms with Crippen molar-refractivity contribution in [3.63, 3.8) is 0 Å². The molecule has 1 aromatic carbocycles. The summed E-state index contributed by atoms with van der Waals surface area (Å²) in [5, 5.41) is 3.92. The van der Waals surface area contributed by atoms with Crippen LogP contribution in [0.5, 0.6) is 0 Å². The smallest absolute Gasteiger partial charge is 0.0961 e. The Morgan fingerprint density at radius 2 is 1.83 bits per heavy atom. The molecule has 0 saturated heterocycles. The van der Waals surface area contributed by atoms with Gasteiger partial charge in [0.05, 0.1) is 6.73 Å². The van der Waals surface area contributed by atoms with Crippen LogP contribution in [0.3, 0.4) is 0 Å². The van der Waals surface area contributed by atoms with Crippen LogP contribution < -0.4 is 5.32 Å². The van der Waals surface area contributed by atoms with Crippen molar-refractivity contribution >= 4 is 11.8 Å². The number of methoxy groups -OCH3 is 1. The highest BCUT2D eigenvalue weighted by Crippen LogP contribution is 2.27. The normalized spacial score (nSPS) is 12.1. The average Bonchev–Trinajstić information content (AvgIpc) is 2.29. The first-order chi connectivity index (χ1) is 8.45. The van der Waals surface area contributed by atoms with E-state index in [9.17, 15) is 0 Å². The first-order valence-electron chi connectivity index (χ1n) is 6.42. The third kappa shape index (κ3) is 5.01. The molecule has 1 rings (SSSR count). The second kappa shape index (κ2) is 7.17. The lowest BCUT2D eigenvalue weighted by Gasteiger charge is -2.26. The van der Waals surface area contributed by atoms with Crippen molar-refractivity contribution in [2.24, 2.45) is 0 Å². The van der Waals surface area contributed by atoms with Crippen molar-refractivity contribution in [2.45, 2.75) is 43.3 Å². The first kappa shape index (κ1) is 15.5. The molecule has 18 heavy (non-hydrogen) atoms. The van der Waals surface area contributed by atoms with Crippen LogP contribution in [0.1, 0.15) is 33.3 Å². The number of hydrogen-bond acceptors (Lipinski definition) is 3. The maximum atomic E-state index is 5.02. The lowest BCUT2D eigenvalue weighted by Crippen LogP contribution is -2.33. The molecule has 2 nitrogen and oxygen atoms in total. The fourth-order valence-electron chi connectivity index (χ4n) is 1.82. The molecule has 0 aromatic heterocycles. The van der Waals surface area contributed by atoms with Crippen molar-refractivity contribution in [2.75, 3.05) is 20.4 Å². The minimum atomic E-state index is 0.125. The molecule has 0 aliphatic heterocycles. The molecule has 0 atom stereocenters. The third-order valence-electron chi connectivity index (χ3n) is 2.82. The van der Waals surface area contributed by atoms with Crippen LogP contribution >= 0.6 is 11.8 Å². The third-order valence-corrected chi connectivity index (χ3v) is 3.84. The summed E-state index contributed by atoms with van der Waals surface area (Å²) in [6.07, 6.45) is 0. The summed E-state index contributed by atoms with van der Waals surface area (Å²) < 4.78 is 5.02. The topological polar surface area (TPSA) is 21.3 Å². The number of hydrogen-bond donors (Lipinski definition) is 1. The van der Waals surface area contributed by atoms with Crippen molar-refractivity contribution in [3.8, 4) is 0 Å². The van der Waals surface area contributed by atoms with Crippen LogP contribution in [0.2, 0.25) is 0 Å². The van der Waals surface area contributed by atoms with Gasteiger partial charge in [-0.25, -0.2) is 0 Å². The van der Waals surface area contributed by atoms with E-state index in [0.717, 1.165) is 6.54 Å². The van der Waals surface area contributed by atoms with Gasteiger partial charge in [0.2, 0.25) is 0 Å². The maximum Gasteiger partial charge on any atom is 0.0961 e. The molecule has 0 aliphatic rings. The Kier molecular flexibility index (Phi) is 6.19. The first-order valence-corrected chi connectivity index (χ1v) is 7.30. The van der Waals surface area contributed by atoms with Gasteiger partial charge in [-0.05, 0) is 17.7 Å². The van der Waals surface area contributed by atoms with Crippen molar-refractivity contribution in [1.29, 1.82) is 0 Å². The molecule has 3 heteroatoms. The van der Waals surface area contributed by atoms with Gasteiger partial charge in [0.1, 0.15) is 0 Å². The van der Waals surface area contributed by atoms with Crippen LogP contribution in [0.4, 0.5) is 0 Å². The SMILES string of the molecule is COCNCC(C)(C)c1ccc(SC(C)C)cc1. The number of rotatable bonds is 7. The van der Waals surface area contributed by atoms with E-state index >= 15 is 0 Å². The van der Waals surface area contributed by atoms with Crippen molar-refractivity contribution in [1.82, 2.24) is 5.32 Å². The molecule has 0 amide bonds. The summed E-state index contributed by atoms with van der Waals surface area (Å²) in [6.45, 7) is 10.5. The maximum absolute atomic E-state index is 5.02. The van der Waals surface area contributed by atoms with E-state index in [1.54, 1.807) is 7.11 Å². The van der Waals surface area contributed by atoms with Gasteiger partial charge in [-0.15, -0.1) is 11.8 Å². The largest absolute Gasteiger partial charge is 0.370 e. The van der Waals surface area contributed by atoms with Gasteiger partial charge in [0.15, 0.2) is 0 Å². The van der Waals surface area contributed by atoms with E-state index < -0.39 is 0 Å². The van der Waals surface area contributed by atoms with Crippen LogP contribution in [-0.4, -0.2) is 25.6 Å². The van der Waals surface area contributed by atoms with Gasteiger partial charge in [-0.1, -0.05) is 39.8 Å².